The van der Waals surface area contributed by atoms with Gasteiger partial charge in [-0.3, -0.25) is 9.69 Å². The molecule has 0 bridgehead atoms. The summed E-state index contributed by atoms with van der Waals surface area (Å²) in [5.41, 5.74) is 12.6. The van der Waals surface area contributed by atoms with Crippen LogP contribution in [0.3, 0.4) is 0 Å². The summed E-state index contributed by atoms with van der Waals surface area (Å²) in [4.78, 5) is 13.1. The monoisotopic (exact) mass is 281 g/mol. The highest BCUT2D eigenvalue weighted by Gasteiger charge is 2.25. The maximum absolute atomic E-state index is 11.0. The van der Waals surface area contributed by atoms with E-state index in [2.05, 4.69) is 4.90 Å². The summed E-state index contributed by atoms with van der Waals surface area (Å²) in [6.45, 7) is 1.92. The summed E-state index contributed by atoms with van der Waals surface area (Å²) < 4.78 is 0. The molecule has 1 saturated heterocycles. The van der Waals surface area contributed by atoms with Gasteiger partial charge in [-0.05, 0) is 36.5 Å². The van der Waals surface area contributed by atoms with Crippen molar-refractivity contribution < 1.29 is 4.79 Å². The van der Waals surface area contributed by atoms with Crippen LogP contribution in [0, 0.1) is 5.92 Å². The number of benzene rings is 1. The molecule has 2 unspecified atom stereocenters. The second-order valence-corrected chi connectivity index (χ2v) is 5.79. The number of piperidine rings is 1. The second kappa shape index (κ2) is 6.37. The van der Waals surface area contributed by atoms with E-state index in [-0.39, 0.29) is 11.9 Å². The van der Waals surface area contributed by atoms with Crippen LogP contribution in [-0.4, -0.2) is 36.5 Å². The molecule has 1 aliphatic heterocycles. The molecule has 4 nitrogen and oxygen atoms in total. The highest BCUT2D eigenvalue weighted by molar-refractivity contribution is 6.30. The molecule has 0 radical (unpaired) electrons. The third-order valence-electron chi connectivity index (χ3n) is 3.46. The lowest BCUT2D eigenvalue weighted by Gasteiger charge is -2.35. The zero-order chi connectivity index (χ0) is 13.8. The molecule has 4 N–H and O–H groups in total. The molecule has 1 aromatic rings. The van der Waals surface area contributed by atoms with Crippen LogP contribution < -0.4 is 11.5 Å². The van der Waals surface area contributed by atoms with E-state index in [4.69, 9.17) is 23.1 Å². The van der Waals surface area contributed by atoms with E-state index in [9.17, 15) is 4.79 Å². The van der Waals surface area contributed by atoms with Crippen LogP contribution in [-0.2, 0) is 11.2 Å². The quantitative estimate of drug-likeness (QED) is 0.865. The van der Waals surface area contributed by atoms with Crippen LogP contribution in [0.2, 0.25) is 5.02 Å². The molecule has 2 rings (SSSR count). The molecular weight excluding hydrogens is 262 g/mol. The van der Waals surface area contributed by atoms with Crippen molar-refractivity contribution in [2.24, 2.45) is 17.4 Å². The minimum Gasteiger partial charge on any atom is -0.369 e. The first-order chi connectivity index (χ1) is 9.02. The Morgan fingerprint density at radius 1 is 1.32 bits per heavy atom. The number of carbonyl (C=O) groups is 1. The number of nitrogens with two attached hydrogens (primary N) is 2. The van der Waals surface area contributed by atoms with Gasteiger partial charge in [0.25, 0.3) is 0 Å². The molecule has 19 heavy (non-hydrogen) atoms. The average molecular weight is 282 g/mol. The van der Waals surface area contributed by atoms with Crippen LogP contribution in [0.5, 0.6) is 0 Å². The summed E-state index contributed by atoms with van der Waals surface area (Å²) in [6, 6.07) is 8.01. The van der Waals surface area contributed by atoms with Gasteiger partial charge in [-0.25, -0.2) is 0 Å². The predicted octanol–water partition coefficient (Wildman–Crippen LogP) is 1.02. The number of primary amides is 1. The Kier molecular flexibility index (Phi) is 4.80. The Morgan fingerprint density at radius 3 is 2.63 bits per heavy atom. The summed E-state index contributed by atoms with van der Waals surface area (Å²) in [7, 11) is 0. The van der Waals surface area contributed by atoms with E-state index >= 15 is 0 Å². The number of halogens is 1. The Morgan fingerprint density at radius 2 is 2.00 bits per heavy atom. The van der Waals surface area contributed by atoms with Gasteiger partial charge in [0.05, 0.1) is 6.54 Å². The van der Waals surface area contributed by atoms with Crippen LogP contribution in [0.25, 0.3) is 0 Å². The smallest absolute Gasteiger partial charge is 0.231 e. The topological polar surface area (TPSA) is 72.4 Å². The molecule has 0 aromatic heterocycles. The molecule has 1 aliphatic rings. The molecule has 0 aliphatic carbocycles. The van der Waals surface area contributed by atoms with Crippen molar-refractivity contribution in [3.8, 4) is 0 Å². The lowest BCUT2D eigenvalue weighted by molar-refractivity contribution is -0.119. The molecule has 104 valence electrons. The third-order valence-corrected chi connectivity index (χ3v) is 3.71. The summed E-state index contributed by atoms with van der Waals surface area (Å²) in [5.74, 6) is 0.170. The Bertz CT molecular complexity index is 435. The van der Waals surface area contributed by atoms with E-state index in [0.717, 1.165) is 31.0 Å². The molecule has 5 heteroatoms. The van der Waals surface area contributed by atoms with Crippen molar-refractivity contribution in [1.82, 2.24) is 4.90 Å². The van der Waals surface area contributed by atoms with Crippen molar-refractivity contribution in [2.75, 3.05) is 19.6 Å². The third kappa shape index (κ3) is 4.49. The molecular formula is C14H20ClN3O. The zero-order valence-electron chi connectivity index (χ0n) is 10.9. The molecule has 1 fully saturated rings. The maximum Gasteiger partial charge on any atom is 0.231 e. The summed E-state index contributed by atoms with van der Waals surface area (Å²) in [5, 5.41) is 0.749. The minimum atomic E-state index is -0.292. The van der Waals surface area contributed by atoms with E-state index in [1.807, 2.05) is 24.3 Å². The molecule has 0 spiro atoms. The van der Waals surface area contributed by atoms with Gasteiger partial charge >= 0.3 is 0 Å². The second-order valence-electron chi connectivity index (χ2n) is 5.35. The van der Waals surface area contributed by atoms with E-state index in [1.165, 1.54) is 5.56 Å². The first-order valence-corrected chi connectivity index (χ1v) is 6.91. The van der Waals surface area contributed by atoms with Crippen molar-refractivity contribution in [3.63, 3.8) is 0 Å². The van der Waals surface area contributed by atoms with Gasteiger partial charge in [-0.1, -0.05) is 23.7 Å². The largest absolute Gasteiger partial charge is 0.369 e. The van der Waals surface area contributed by atoms with Crippen molar-refractivity contribution in [3.05, 3.63) is 34.9 Å². The number of amides is 1. The number of likely N-dealkylation sites (tertiary alicyclic amines) is 1. The number of hydrogen-bond acceptors (Lipinski definition) is 3. The van der Waals surface area contributed by atoms with Crippen molar-refractivity contribution >= 4 is 17.5 Å². The number of rotatable bonds is 4. The fraction of sp³-hybridized carbons (Fsp3) is 0.500. The molecule has 1 aromatic carbocycles. The first-order valence-electron chi connectivity index (χ1n) is 6.53. The van der Waals surface area contributed by atoms with Gasteiger partial charge in [-0.15, -0.1) is 0 Å². The van der Waals surface area contributed by atoms with Crippen LogP contribution in [0.4, 0.5) is 0 Å². The summed E-state index contributed by atoms with van der Waals surface area (Å²) >= 11 is 5.88. The van der Waals surface area contributed by atoms with Gasteiger partial charge in [0.1, 0.15) is 0 Å². The van der Waals surface area contributed by atoms with E-state index in [0.29, 0.717) is 12.5 Å². The van der Waals surface area contributed by atoms with Gasteiger partial charge in [0, 0.05) is 24.2 Å². The number of nitrogens with zero attached hydrogens (tertiary/aromatic N) is 1. The standard InChI is InChI=1S/C14H20ClN3O/c15-12-3-1-10(2-4-12)5-11-6-13(16)8-18(7-11)9-14(17)19/h1-4,11,13H,5-9,16H2,(H2,17,19). The number of carbonyl (C=O) groups excluding carboxylic acids is 1. The molecule has 1 amide bonds. The Hall–Kier alpha value is -1.10. The Labute approximate surface area is 118 Å². The normalized spacial score (nSPS) is 24.3. The fourth-order valence-electron chi connectivity index (χ4n) is 2.80. The highest BCUT2D eigenvalue weighted by Crippen LogP contribution is 2.21. The average Bonchev–Trinajstić information content (AvgIpc) is 2.30. The minimum absolute atomic E-state index is 0.116. The van der Waals surface area contributed by atoms with Crippen molar-refractivity contribution in [2.45, 2.75) is 18.9 Å². The van der Waals surface area contributed by atoms with E-state index < -0.39 is 0 Å². The van der Waals surface area contributed by atoms with Crippen molar-refractivity contribution in [1.29, 1.82) is 0 Å². The van der Waals surface area contributed by atoms with E-state index in [1.54, 1.807) is 0 Å². The Balaban J connectivity index is 1.95. The SMILES string of the molecule is NC(=O)CN1CC(N)CC(Cc2ccc(Cl)cc2)C1. The maximum atomic E-state index is 11.0. The first kappa shape index (κ1) is 14.3. The summed E-state index contributed by atoms with van der Waals surface area (Å²) in [6.07, 6.45) is 1.94. The van der Waals surface area contributed by atoms with Gasteiger partial charge in [-0.2, -0.15) is 0 Å². The van der Waals surface area contributed by atoms with Crippen LogP contribution in [0.1, 0.15) is 12.0 Å². The molecule has 1 heterocycles. The zero-order valence-corrected chi connectivity index (χ0v) is 11.6. The van der Waals surface area contributed by atoms with Crippen LogP contribution in [0.15, 0.2) is 24.3 Å². The van der Waals surface area contributed by atoms with Gasteiger partial charge < -0.3 is 11.5 Å². The van der Waals surface area contributed by atoms with Gasteiger partial charge in [0.2, 0.25) is 5.91 Å². The van der Waals surface area contributed by atoms with Crippen LogP contribution >= 0.6 is 11.6 Å². The lowest BCUT2D eigenvalue weighted by Crippen LogP contribution is -2.49. The predicted molar refractivity (Wildman–Crippen MR) is 76.9 cm³/mol. The number of hydrogen-bond donors (Lipinski definition) is 2. The fourth-order valence-corrected chi connectivity index (χ4v) is 2.93. The molecule has 2 atom stereocenters. The molecule has 0 saturated carbocycles. The highest BCUT2D eigenvalue weighted by atomic mass is 35.5. The van der Waals surface area contributed by atoms with Gasteiger partial charge in [0.15, 0.2) is 0 Å². The lowest BCUT2D eigenvalue weighted by atomic mass is 9.89.